The minimum absolute atomic E-state index is 0. The Morgan fingerprint density at radius 1 is 0.840 bits per heavy atom. The second kappa shape index (κ2) is 6.77. The third kappa shape index (κ3) is 2.96. The van der Waals surface area contributed by atoms with E-state index in [-0.39, 0.29) is 32.6 Å². The number of benzene rings is 3. The Labute approximate surface area is 160 Å². The molecule has 122 valence electrons. The van der Waals surface area contributed by atoms with Crippen molar-refractivity contribution >= 4 is 22.9 Å². The second-order valence-electron chi connectivity index (χ2n) is 5.84. The van der Waals surface area contributed by atoms with Gasteiger partial charge in [-0.2, -0.15) is 0 Å². The molecule has 0 saturated carbocycles. The summed E-state index contributed by atoms with van der Waals surface area (Å²) in [7, 11) is 0. The van der Waals surface area contributed by atoms with Gasteiger partial charge in [0.15, 0.2) is 5.78 Å². The van der Waals surface area contributed by atoms with Gasteiger partial charge < -0.3 is 10.1 Å². The van der Waals surface area contributed by atoms with E-state index in [1.165, 1.54) is 0 Å². The number of carbonyl (C=O) groups excluding carboxylic acids is 2. The van der Waals surface area contributed by atoms with Crippen LogP contribution in [0.4, 0.5) is 11.4 Å². The number of hydrogen-bond donors (Lipinski definition) is 1. The first-order valence-corrected chi connectivity index (χ1v) is 7.72. The fourth-order valence-corrected chi connectivity index (χ4v) is 2.96. The van der Waals surface area contributed by atoms with Gasteiger partial charge in [-0.15, -0.1) is 18.2 Å². The molecule has 0 aliphatic heterocycles. The van der Waals surface area contributed by atoms with Gasteiger partial charge in [0.1, 0.15) is 5.78 Å². The van der Waals surface area contributed by atoms with Crippen LogP contribution in [0, 0.1) is 13.0 Å². The molecule has 0 spiro atoms. The van der Waals surface area contributed by atoms with E-state index in [2.05, 4.69) is 11.4 Å². The summed E-state index contributed by atoms with van der Waals surface area (Å²) in [6, 6.07) is 21.2. The third-order valence-corrected chi connectivity index (χ3v) is 4.20. The van der Waals surface area contributed by atoms with E-state index in [9.17, 15) is 9.59 Å². The largest absolute Gasteiger partial charge is 0.372 e. The molecule has 3 aromatic rings. The second-order valence-corrected chi connectivity index (χ2v) is 5.84. The van der Waals surface area contributed by atoms with E-state index in [0.29, 0.717) is 27.9 Å². The Morgan fingerprint density at radius 3 is 2.16 bits per heavy atom. The van der Waals surface area contributed by atoms with Crippen LogP contribution in [0.2, 0.25) is 0 Å². The van der Waals surface area contributed by atoms with Crippen LogP contribution in [-0.4, -0.2) is 11.6 Å². The van der Waals surface area contributed by atoms with Crippen LogP contribution in [0.25, 0.3) is 0 Å². The number of fused-ring (bicyclic) bond motifs is 2. The number of aryl methyl sites for hydroxylation is 1. The zero-order valence-electron chi connectivity index (χ0n) is 13.5. The smallest absolute Gasteiger partial charge is 0.154 e. The number of hydrogen-bond acceptors (Lipinski definition) is 3. The molecule has 0 amide bonds. The van der Waals surface area contributed by atoms with Crippen LogP contribution < -0.4 is 5.32 Å². The third-order valence-electron chi connectivity index (χ3n) is 4.20. The molecule has 1 aliphatic carbocycles. The van der Waals surface area contributed by atoms with Crippen molar-refractivity contribution in [2.45, 2.75) is 6.92 Å². The summed E-state index contributed by atoms with van der Waals surface area (Å²) >= 11 is 0. The van der Waals surface area contributed by atoms with Crippen LogP contribution >= 0.6 is 0 Å². The first kappa shape index (κ1) is 17.3. The van der Waals surface area contributed by atoms with Crippen molar-refractivity contribution < 1.29 is 30.7 Å². The van der Waals surface area contributed by atoms with E-state index in [1.807, 2.05) is 31.2 Å². The Kier molecular flexibility index (Phi) is 4.69. The van der Waals surface area contributed by atoms with Crippen LogP contribution in [-0.2, 0) is 21.1 Å². The average Bonchev–Trinajstić information content (AvgIpc) is 2.61. The molecule has 0 atom stereocenters. The van der Waals surface area contributed by atoms with Gasteiger partial charge in [-0.3, -0.25) is 4.79 Å². The molecule has 3 aromatic carbocycles. The maximum absolute atomic E-state index is 12.9. The molecule has 1 aliphatic rings. The number of ketones is 2. The fraction of sp³-hybridized carbons (Fsp3) is 0.0476. The Balaban J connectivity index is 0.00000182. The van der Waals surface area contributed by atoms with Crippen molar-refractivity contribution in [1.82, 2.24) is 0 Å². The quantitative estimate of drug-likeness (QED) is 0.421. The summed E-state index contributed by atoms with van der Waals surface area (Å²) in [5.74, 6) is -0.306. The first-order chi connectivity index (χ1) is 11.6. The van der Waals surface area contributed by atoms with Gasteiger partial charge >= 0.3 is 0 Å². The topological polar surface area (TPSA) is 46.2 Å². The normalized spacial score (nSPS) is 12.0. The van der Waals surface area contributed by atoms with Gasteiger partial charge in [0, 0.05) is 32.3 Å². The summed E-state index contributed by atoms with van der Waals surface area (Å²) < 4.78 is 0. The average molecular weight is 496 g/mol. The number of nitrogens with one attached hydrogen (secondary N) is 1. The fourth-order valence-electron chi connectivity index (χ4n) is 2.96. The van der Waals surface area contributed by atoms with Crippen molar-refractivity contribution in [3.8, 4) is 0 Å². The first-order valence-electron chi connectivity index (χ1n) is 7.72. The molecule has 4 rings (SSSR count). The van der Waals surface area contributed by atoms with Gasteiger partial charge in [-0.05, 0) is 35.9 Å². The minimum Gasteiger partial charge on any atom is -0.372 e. The van der Waals surface area contributed by atoms with Crippen molar-refractivity contribution in [3.05, 3.63) is 94.5 Å². The van der Waals surface area contributed by atoms with Gasteiger partial charge in [0.2, 0.25) is 0 Å². The predicted molar refractivity (Wildman–Crippen MR) is 93.0 cm³/mol. The zero-order valence-corrected chi connectivity index (χ0v) is 16.4. The summed E-state index contributed by atoms with van der Waals surface area (Å²) in [6.07, 6.45) is 0. The molecule has 4 heteroatoms. The maximum Gasteiger partial charge on any atom is 0.154 e. The van der Waals surface area contributed by atoms with E-state index in [4.69, 9.17) is 0 Å². The molecule has 0 heterocycles. The standard InChI is InChI=1S/C21H14NO2.W/c1-13-9-11-14(12-10-13)22-18-8-4-7-17-19(18)21(24)16-6-3-2-5-15(16)20(17)23;/h2-6,8-12,22H,1H3;/q-1;. The minimum atomic E-state index is -0.159. The van der Waals surface area contributed by atoms with Gasteiger partial charge in [-0.25, -0.2) is 0 Å². The van der Waals surface area contributed by atoms with Gasteiger partial charge in [-0.1, -0.05) is 47.5 Å². The van der Waals surface area contributed by atoms with Crippen LogP contribution in [0.1, 0.15) is 37.4 Å². The molecular weight excluding hydrogens is 482 g/mol. The number of rotatable bonds is 2. The van der Waals surface area contributed by atoms with Crippen molar-refractivity contribution in [1.29, 1.82) is 0 Å². The number of carbonyl (C=O) groups is 2. The molecule has 3 nitrogen and oxygen atoms in total. The molecule has 0 aromatic heterocycles. The monoisotopic (exact) mass is 496 g/mol. The predicted octanol–water partition coefficient (Wildman–Crippen LogP) is 4.31. The molecule has 25 heavy (non-hydrogen) atoms. The summed E-state index contributed by atoms with van der Waals surface area (Å²) in [4.78, 5) is 25.6. The van der Waals surface area contributed by atoms with Crippen LogP contribution in [0.5, 0.6) is 0 Å². The molecule has 1 N–H and O–H groups in total. The van der Waals surface area contributed by atoms with E-state index in [1.54, 1.807) is 36.4 Å². The summed E-state index contributed by atoms with van der Waals surface area (Å²) in [5.41, 5.74) is 4.26. The van der Waals surface area contributed by atoms with E-state index in [0.717, 1.165) is 11.3 Å². The van der Waals surface area contributed by atoms with E-state index < -0.39 is 0 Å². The molecule has 0 bridgehead atoms. The summed E-state index contributed by atoms with van der Waals surface area (Å²) in [5, 5.41) is 3.25. The SMILES string of the molecule is Cc1ccc(Nc2cc[c-]c3c2C(=O)c2ccccc2C3=O)cc1.[W]. The molecule has 0 fully saturated rings. The summed E-state index contributed by atoms with van der Waals surface area (Å²) in [6.45, 7) is 2.02. The van der Waals surface area contributed by atoms with Crippen LogP contribution in [0.15, 0.2) is 60.7 Å². The van der Waals surface area contributed by atoms with Crippen molar-refractivity contribution in [2.24, 2.45) is 0 Å². The molecule has 0 unspecified atom stereocenters. The zero-order chi connectivity index (χ0) is 16.7. The molecular formula is C21H14NO2W-. The molecule has 0 saturated heterocycles. The Hall–Kier alpha value is -2.51. The number of anilines is 2. The Morgan fingerprint density at radius 2 is 1.48 bits per heavy atom. The van der Waals surface area contributed by atoms with Crippen LogP contribution in [0.3, 0.4) is 0 Å². The van der Waals surface area contributed by atoms with Crippen molar-refractivity contribution in [2.75, 3.05) is 5.32 Å². The van der Waals surface area contributed by atoms with E-state index >= 15 is 0 Å². The van der Waals surface area contributed by atoms with Crippen molar-refractivity contribution in [3.63, 3.8) is 0 Å². The van der Waals surface area contributed by atoms with Gasteiger partial charge in [0.25, 0.3) is 0 Å². The Bertz CT molecular complexity index is 977. The molecule has 0 radical (unpaired) electrons. The van der Waals surface area contributed by atoms with Gasteiger partial charge in [0.05, 0.1) is 0 Å². The maximum atomic E-state index is 12.9.